The normalized spacial score (nSPS) is 13.8. The highest BCUT2D eigenvalue weighted by Gasteiger charge is 1.88. The molecule has 1 heteroatoms. The van der Waals surface area contributed by atoms with E-state index in [1.807, 2.05) is 0 Å². The van der Waals surface area contributed by atoms with Crippen molar-refractivity contribution in [3.8, 4) is 0 Å². The van der Waals surface area contributed by atoms with Gasteiger partial charge in [0.15, 0.2) is 0 Å². The second-order valence-corrected chi connectivity index (χ2v) is 2.85. The summed E-state index contributed by atoms with van der Waals surface area (Å²) in [6.07, 6.45) is 0. The summed E-state index contributed by atoms with van der Waals surface area (Å²) in [5.74, 6) is 4.44. The van der Waals surface area contributed by atoms with Crippen LogP contribution in [0, 0.1) is 0 Å². The van der Waals surface area contributed by atoms with Crippen molar-refractivity contribution in [3.05, 3.63) is 34.7 Å². The summed E-state index contributed by atoms with van der Waals surface area (Å²) in [4.78, 5) is 0. The molecule has 1 radical (unpaired) electrons. The van der Waals surface area contributed by atoms with Crippen molar-refractivity contribution in [2.75, 3.05) is 0 Å². The Balaban J connectivity index is 2.97. The van der Waals surface area contributed by atoms with Crippen LogP contribution in [0.4, 0.5) is 0 Å². The molecule has 0 aromatic heterocycles. The molecule has 0 saturated carbocycles. The summed E-state index contributed by atoms with van der Waals surface area (Å²) in [6, 6.07) is 8.44. The highest BCUT2D eigenvalue weighted by molar-refractivity contribution is 7.56. The van der Waals surface area contributed by atoms with Gasteiger partial charge in [0.05, 0.1) is 0 Å². The first-order valence-electron chi connectivity index (χ1n) is 2.92. The first-order valence-corrected chi connectivity index (χ1v) is 3.95. The summed E-state index contributed by atoms with van der Waals surface area (Å²) in [5.41, 5.74) is 0. The third-order valence-electron chi connectivity index (χ3n) is 1.42. The second-order valence-electron chi connectivity index (χ2n) is 2.04. The second kappa shape index (κ2) is 1.97. The van der Waals surface area contributed by atoms with E-state index in [1.165, 1.54) is 19.0 Å². The Labute approximate surface area is 55.7 Å². The molecule has 1 aliphatic heterocycles. The Hall–Kier alpha value is -0.610. The highest BCUT2D eigenvalue weighted by atomic mass is 31.1. The Morgan fingerprint density at radius 3 is 2.00 bits per heavy atom. The summed E-state index contributed by atoms with van der Waals surface area (Å²) < 4.78 is 0. The molecule has 9 heavy (non-hydrogen) atoms. The van der Waals surface area contributed by atoms with Crippen molar-refractivity contribution in [1.82, 2.24) is 0 Å². The quantitative estimate of drug-likeness (QED) is 0.465. The van der Waals surface area contributed by atoms with Gasteiger partial charge in [0.1, 0.15) is 0 Å². The van der Waals surface area contributed by atoms with E-state index < -0.39 is 0 Å². The summed E-state index contributed by atoms with van der Waals surface area (Å²) in [6.45, 7) is 0. The van der Waals surface area contributed by atoms with E-state index in [1.54, 1.807) is 0 Å². The lowest BCUT2D eigenvalue weighted by Gasteiger charge is -1.79. The molecule has 1 aromatic carbocycles. The molecule has 1 aromatic rings. The van der Waals surface area contributed by atoms with Crippen LogP contribution in [0.2, 0.25) is 0 Å². The maximum absolute atomic E-state index is 2.22. The Morgan fingerprint density at radius 1 is 0.889 bits per heavy atom. The Bertz CT molecular complexity index is 292. The number of hydrogen-bond acceptors (Lipinski definition) is 0. The minimum Gasteiger partial charge on any atom is -0.0616 e. The number of hydrogen-bond donors (Lipinski definition) is 0. The minimum atomic E-state index is 1.32. The summed E-state index contributed by atoms with van der Waals surface area (Å²) in [5, 5.41) is 2.75. The fraction of sp³-hybridized carbons (Fsp3) is 0. The molecule has 1 aliphatic rings. The molecule has 2 rings (SSSR count). The molecule has 0 amide bonds. The lowest BCUT2D eigenvalue weighted by Crippen LogP contribution is -2.19. The van der Waals surface area contributed by atoms with Crippen LogP contribution in [0.15, 0.2) is 24.3 Å². The number of fused-ring (bicyclic) bond motifs is 1. The number of benzene rings is 1. The van der Waals surface area contributed by atoms with Crippen LogP contribution >= 0.6 is 8.58 Å². The molecule has 0 atom stereocenters. The zero-order valence-electron chi connectivity index (χ0n) is 4.91. The fourth-order valence-electron chi connectivity index (χ4n) is 0.944. The zero-order valence-corrected chi connectivity index (χ0v) is 5.81. The van der Waals surface area contributed by atoms with E-state index >= 15 is 0 Å². The zero-order chi connectivity index (χ0) is 6.10. The third-order valence-corrected chi connectivity index (χ3v) is 2.28. The van der Waals surface area contributed by atoms with Crippen LogP contribution in [0.1, 0.15) is 0 Å². The molecule has 1 heterocycles. The maximum Gasteiger partial charge on any atom is -0.0172 e. The summed E-state index contributed by atoms with van der Waals surface area (Å²) >= 11 is 0. The Morgan fingerprint density at radius 2 is 1.44 bits per heavy atom. The van der Waals surface area contributed by atoms with Crippen LogP contribution in [0.5, 0.6) is 0 Å². The van der Waals surface area contributed by atoms with Crippen LogP contribution < -0.4 is 10.4 Å². The van der Waals surface area contributed by atoms with Crippen LogP contribution in [-0.2, 0) is 0 Å². The van der Waals surface area contributed by atoms with Gasteiger partial charge in [-0.3, -0.25) is 0 Å². The maximum atomic E-state index is 2.22. The lowest BCUT2D eigenvalue weighted by atomic mass is 10.3. The monoisotopic (exact) mass is 133 g/mol. The molecule has 0 aliphatic carbocycles. The van der Waals surface area contributed by atoms with Crippen LogP contribution in [-0.4, -0.2) is 0 Å². The van der Waals surface area contributed by atoms with E-state index in [4.69, 9.17) is 0 Å². The minimum absolute atomic E-state index is 1.32. The van der Waals surface area contributed by atoms with Gasteiger partial charge in [-0.2, -0.15) is 0 Å². The van der Waals surface area contributed by atoms with Gasteiger partial charge in [-0.25, -0.2) is 0 Å². The van der Waals surface area contributed by atoms with Gasteiger partial charge in [0, 0.05) is 0 Å². The van der Waals surface area contributed by atoms with Gasteiger partial charge >= 0.3 is 0 Å². The molecule has 0 fully saturated rings. The van der Waals surface area contributed by atoms with E-state index in [9.17, 15) is 0 Å². The van der Waals surface area contributed by atoms with Crippen molar-refractivity contribution in [1.29, 1.82) is 0 Å². The van der Waals surface area contributed by atoms with E-state index in [0.29, 0.717) is 0 Å². The van der Waals surface area contributed by atoms with Gasteiger partial charge in [-0.1, -0.05) is 24.3 Å². The molecular formula is C8H6P. The molecule has 0 bridgehead atoms. The predicted octanol–water partition coefficient (Wildman–Crippen LogP) is 1.12. The first kappa shape index (κ1) is 5.20. The molecule has 0 spiro atoms. The van der Waals surface area contributed by atoms with Crippen molar-refractivity contribution >= 4 is 20.2 Å². The topological polar surface area (TPSA) is 0 Å². The molecule has 0 unspecified atom stereocenters. The predicted molar refractivity (Wildman–Crippen MR) is 41.5 cm³/mol. The average Bonchev–Trinajstić information content (AvgIpc) is 2.33. The SMILES string of the molecule is C1=c2ccccc2=C[P]1. The van der Waals surface area contributed by atoms with Crippen molar-refractivity contribution in [3.63, 3.8) is 0 Å². The van der Waals surface area contributed by atoms with E-state index in [0.717, 1.165) is 0 Å². The van der Waals surface area contributed by atoms with E-state index in [-0.39, 0.29) is 0 Å². The van der Waals surface area contributed by atoms with Crippen LogP contribution in [0.25, 0.3) is 11.6 Å². The summed E-state index contributed by atoms with van der Waals surface area (Å²) in [7, 11) is 1.32. The van der Waals surface area contributed by atoms with Gasteiger partial charge in [0.2, 0.25) is 0 Å². The highest BCUT2D eigenvalue weighted by Crippen LogP contribution is 2.14. The fourth-order valence-corrected chi connectivity index (χ4v) is 1.81. The molecule has 0 nitrogen and oxygen atoms in total. The standard InChI is InChI=1S/C8H6P/c1-2-4-8-6-9-5-7(8)3-1/h1-6H. The molecule has 0 N–H and O–H groups in total. The van der Waals surface area contributed by atoms with Gasteiger partial charge in [-0.05, 0) is 30.7 Å². The third kappa shape index (κ3) is 0.799. The smallest absolute Gasteiger partial charge is 0.0172 e. The van der Waals surface area contributed by atoms with Crippen molar-refractivity contribution in [2.24, 2.45) is 0 Å². The van der Waals surface area contributed by atoms with Crippen molar-refractivity contribution < 1.29 is 0 Å². The molecule has 0 saturated heterocycles. The first-order chi connectivity index (χ1) is 4.47. The largest absolute Gasteiger partial charge is 0.0616 e. The van der Waals surface area contributed by atoms with Crippen molar-refractivity contribution in [2.45, 2.75) is 0 Å². The van der Waals surface area contributed by atoms with Gasteiger partial charge in [-0.15, -0.1) is 0 Å². The van der Waals surface area contributed by atoms with Gasteiger partial charge in [0.25, 0.3) is 0 Å². The van der Waals surface area contributed by atoms with Gasteiger partial charge < -0.3 is 0 Å². The average molecular weight is 133 g/mol. The van der Waals surface area contributed by atoms with Crippen LogP contribution in [0.3, 0.4) is 0 Å². The number of rotatable bonds is 0. The molecule has 43 valence electrons. The van der Waals surface area contributed by atoms with E-state index in [2.05, 4.69) is 35.9 Å². The molecular weight excluding hydrogens is 127 g/mol. The lowest BCUT2D eigenvalue weighted by molar-refractivity contribution is 1.55. The Kier molecular flexibility index (Phi) is 1.13.